The molecule has 0 atom stereocenters. The van der Waals surface area contributed by atoms with Crippen LogP contribution in [0.25, 0.3) is 11.4 Å². The predicted molar refractivity (Wildman–Crippen MR) is 71.1 cm³/mol. The van der Waals surface area contributed by atoms with E-state index in [2.05, 4.69) is 14.9 Å². The normalized spacial score (nSPS) is 10.5. The number of benzene rings is 1. The first-order valence-electron chi connectivity index (χ1n) is 6.37. The van der Waals surface area contributed by atoms with Gasteiger partial charge in [-0.15, -0.1) is 0 Å². The molecule has 1 heterocycles. The second kappa shape index (κ2) is 6.81. The molecule has 20 heavy (non-hydrogen) atoms. The summed E-state index contributed by atoms with van der Waals surface area (Å²) in [5.74, 6) is 0.653. The van der Waals surface area contributed by atoms with E-state index < -0.39 is 0 Å². The third-order valence-corrected chi connectivity index (χ3v) is 2.83. The molecule has 2 rings (SSSR count). The average molecular weight is 276 g/mol. The highest BCUT2D eigenvalue weighted by molar-refractivity contribution is 5.89. The van der Waals surface area contributed by atoms with Crippen LogP contribution in [0.3, 0.4) is 0 Å². The lowest BCUT2D eigenvalue weighted by Gasteiger charge is -1.99. The van der Waals surface area contributed by atoms with E-state index in [1.165, 1.54) is 7.11 Å². The molecule has 0 aliphatic heterocycles. The maximum absolute atomic E-state index is 11.3. The molecule has 1 aromatic heterocycles. The molecule has 0 fully saturated rings. The number of nitrogens with zero attached hydrogens (tertiary/aromatic N) is 2. The van der Waals surface area contributed by atoms with Gasteiger partial charge in [-0.2, -0.15) is 4.98 Å². The highest BCUT2D eigenvalue weighted by Gasteiger charge is 2.10. The number of hydrogen-bond donors (Lipinski definition) is 1. The van der Waals surface area contributed by atoms with Crippen molar-refractivity contribution in [1.29, 1.82) is 0 Å². The van der Waals surface area contributed by atoms with Crippen molar-refractivity contribution in [2.75, 3.05) is 13.7 Å². The van der Waals surface area contributed by atoms with E-state index in [1.54, 1.807) is 24.3 Å². The Morgan fingerprint density at radius 1 is 1.30 bits per heavy atom. The Balaban J connectivity index is 2.06. The van der Waals surface area contributed by atoms with Crippen LogP contribution in [-0.4, -0.2) is 34.9 Å². The summed E-state index contributed by atoms with van der Waals surface area (Å²) < 4.78 is 9.76. The number of methoxy groups -OCH3 is 1. The van der Waals surface area contributed by atoms with Gasteiger partial charge in [-0.05, 0) is 25.0 Å². The molecular weight excluding hydrogens is 260 g/mol. The molecule has 0 bridgehead atoms. The lowest BCUT2D eigenvalue weighted by atomic mass is 10.1. The van der Waals surface area contributed by atoms with Crippen molar-refractivity contribution in [1.82, 2.24) is 10.1 Å². The monoisotopic (exact) mass is 276 g/mol. The van der Waals surface area contributed by atoms with Gasteiger partial charge in [0.25, 0.3) is 0 Å². The van der Waals surface area contributed by atoms with Crippen molar-refractivity contribution < 1.29 is 19.2 Å². The molecule has 2 aromatic rings. The summed E-state index contributed by atoms with van der Waals surface area (Å²) in [6, 6.07) is 6.80. The maximum Gasteiger partial charge on any atom is 0.337 e. The number of carbonyl (C=O) groups is 1. The fourth-order valence-electron chi connectivity index (χ4n) is 1.73. The van der Waals surface area contributed by atoms with E-state index in [1.807, 2.05) is 0 Å². The summed E-state index contributed by atoms with van der Waals surface area (Å²) in [7, 11) is 1.34. The van der Waals surface area contributed by atoms with Gasteiger partial charge in [0, 0.05) is 18.6 Å². The topological polar surface area (TPSA) is 85.5 Å². The highest BCUT2D eigenvalue weighted by atomic mass is 16.5. The Kier molecular flexibility index (Phi) is 4.84. The van der Waals surface area contributed by atoms with Crippen molar-refractivity contribution >= 4 is 5.97 Å². The molecule has 6 heteroatoms. The third kappa shape index (κ3) is 3.42. The minimum Gasteiger partial charge on any atom is -0.465 e. The van der Waals surface area contributed by atoms with Gasteiger partial charge < -0.3 is 14.4 Å². The van der Waals surface area contributed by atoms with Gasteiger partial charge in [0.15, 0.2) is 0 Å². The lowest BCUT2D eigenvalue weighted by molar-refractivity contribution is 0.0601. The van der Waals surface area contributed by atoms with E-state index >= 15 is 0 Å². The van der Waals surface area contributed by atoms with E-state index in [0.29, 0.717) is 30.1 Å². The van der Waals surface area contributed by atoms with E-state index in [9.17, 15) is 4.79 Å². The fraction of sp³-hybridized carbons (Fsp3) is 0.357. The molecule has 0 aliphatic rings. The minimum atomic E-state index is -0.380. The van der Waals surface area contributed by atoms with Crippen LogP contribution in [0.2, 0.25) is 0 Å². The molecule has 0 unspecified atom stereocenters. The van der Waals surface area contributed by atoms with Gasteiger partial charge in [-0.3, -0.25) is 0 Å². The zero-order valence-corrected chi connectivity index (χ0v) is 11.2. The van der Waals surface area contributed by atoms with Gasteiger partial charge >= 0.3 is 5.97 Å². The summed E-state index contributed by atoms with van der Waals surface area (Å²) >= 11 is 0. The predicted octanol–water partition coefficient (Wildman–Crippen LogP) is 1.84. The molecule has 1 aromatic carbocycles. The van der Waals surface area contributed by atoms with Crippen LogP contribution in [-0.2, 0) is 11.2 Å². The number of aromatic nitrogens is 2. The first-order chi connectivity index (χ1) is 9.74. The van der Waals surface area contributed by atoms with Crippen LogP contribution < -0.4 is 0 Å². The van der Waals surface area contributed by atoms with E-state index in [4.69, 9.17) is 9.63 Å². The molecule has 0 aliphatic carbocycles. The fourth-order valence-corrected chi connectivity index (χ4v) is 1.73. The number of unbranched alkanes of at least 4 members (excludes halogenated alkanes) is 1. The SMILES string of the molecule is COC(=O)c1ccc(-c2noc(CCCCO)n2)cc1. The van der Waals surface area contributed by atoms with Crippen molar-refractivity contribution in [3.8, 4) is 11.4 Å². The maximum atomic E-state index is 11.3. The second-order valence-electron chi connectivity index (χ2n) is 4.26. The van der Waals surface area contributed by atoms with Crippen molar-refractivity contribution in [2.24, 2.45) is 0 Å². The number of rotatable bonds is 6. The van der Waals surface area contributed by atoms with Crippen molar-refractivity contribution in [3.05, 3.63) is 35.7 Å². The van der Waals surface area contributed by atoms with Crippen LogP contribution in [0.1, 0.15) is 29.1 Å². The smallest absolute Gasteiger partial charge is 0.337 e. The first kappa shape index (κ1) is 14.2. The summed E-state index contributed by atoms with van der Waals surface area (Å²) in [6.07, 6.45) is 2.17. The molecule has 0 radical (unpaired) electrons. The number of ether oxygens (including phenoxy) is 1. The van der Waals surface area contributed by atoms with Crippen LogP contribution in [0.4, 0.5) is 0 Å². The van der Waals surface area contributed by atoms with Crippen LogP contribution >= 0.6 is 0 Å². The Hall–Kier alpha value is -2.21. The summed E-state index contributed by atoms with van der Waals surface area (Å²) in [5, 5.41) is 12.6. The number of esters is 1. The molecule has 0 saturated heterocycles. The molecule has 6 nitrogen and oxygen atoms in total. The Morgan fingerprint density at radius 3 is 2.70 bits per heavy atom. The number of carbonyl (C=O) groups excluding carboxylic acids is 1. The molecular formula is C14H16N2O4. The second-order valence-corrected chi connectivity index (χ2v) is 4.26. The first-order valence-corrected chi connectivity index (χ1v) is 6.37. The molecule has 106 valence electrons. The number of aliphatic hydroxyl groups is 1. The molecule has 1 N–H and O–H groups in total. The van der Waals surface area contributed by atoms with E-state index in [-0.39, 0.29) is 12.6 Å². The Labute approximate surface area is 116 Å². The minimum absolute atomic E-state index is 0.163. The summed E-state index contributed by atoms with van der Waals surface area (Å²) in [6.45, 7) is 0.163. The Bertz CT molecular complexity index is 563. The van der Waals surface area contributed by atoms with Gasteiger partial charge in [0.1, 0.15) is 0 Å². The highest BCUT2D eigenvalue weighted by Crippen LogP contribution is 2.17. The van der Waals surface area contributed by atoms with Crippen LogP contribution in [0.15, 0.2) is 28.8 Å². The van der Waals surface area contributed by atoms with Gasteiger partial charge in [-0.25, -0.2) is 4.79 Å². The quantitative estimate of drug-likeness (QED) is 0.640. The van der Waals surface area contributed by atoms with Gasteiger partial charge in [0.2, 0.25) is 11.7 Å². The van der Waals surface area contributed by atoms with Crippen molar-refractivity contribution in [3.63, 3.8) is 0 Å². The number of aliphatic hydroxyl groups excluding tert-OH is 1. The summed E-state index contributed by atoms with van der Waals surface area (Å²) in [5.41, 5.74) is 1.25. The number of hydrogen-bond acceptors (Lipinski definition) is 6. The van der Waals surface area contributed by atoms with E-state index in [0.717, 1.165) is 12.0 Å². The third-order valence-electron chi connectivity index (χ3n) is 2.83. The largest absolute Gasteiger partial charge is 0.465 e. The van der Waals surface area contributed by atoms with Crippen LogP contribution in [0.5, 0.6) is 0 Å². The Morgan fingerprint density at radius 2 is 2.05 bits per heavy atom. The zero-order valence-electron chi connectivity index (χ0n) is 11.2. The average Bonchev–Trinajstić information content (AvgIpc) is 2.96. The van der Waals surface area contributed by atoms with Gasteiger partial charge in [0.05, 0.1) is 12.7 Å². The van der Waals surface area contributed by atoms with Gasteiger partial charge in [-0.1, -0.05) is 17.3 Å². The standard InChI is InChI=1S/C14H16N2O4/c1-19-14(18)11-7-5-10(6-8-11)13-15-12(20-16-13)4-2-3-9-17/h5-8,17H,2-4,9H2,1H3. The molecule has 0 spiro atoms. The summed E-state index contributed by atoms with van der Waals surface area (Å²) in [4.78, 5) is 15.6. The molecule has 0 saturated carbocycles. The van der Waals surface area contributed by atoms with Crippen molar-refractivity contribution in [2.45, 2.75) is 19.3 Å². The van der Waals surface area contributed by atoms with Crippen LogP contribution in [0, 0.1) is 0 Å². The number of aryl methyl sites for hydroxylation is 1. The molecule has 0 amide bonds. The zero-order chi connectivity index (χ0) is 14.4. The lowest BCUT2D eigenvalue weighted by Crippen LogP contribution is -2.00.